The van der Waals surface area contributed by atoms with Gasteiger partial charge in [-0.3, -0.25) is 0 Å². The standard InChI is InChI=1S/C12H10Cl2O2/c1-15-11-7-5-3-4-6-8(7)12(16-2)10(14)9(11)13/h3-6H,1-2H3. The van der Waals surface area contributed by atoms with Crippen LogP contribution in [0.3, 0.4) is 0 Å². The van der Waals surface area contributed by atoms with Gasteiger partial charge in [-0.15, -0.1) is 0 Å². The van der Waals surface area contributed by atoms with Crippen molar-refractivity contribution in [3.05, 3.63) is 34.3 Å². The number of ether oxygens (including phenoxy) is 2. The van der Waals surface area contributed by atoms with E-state index in [1.165, 1.54) is 0 Å². The van der Waals surface area contributed by atoms with Crippen molar-refractivity contribution >= 4 is 34.0 Å². The Morgan fingerprint density at radius 1 is 0.812 bits per heavy atom. The molecule has 0 heterocycles. The molecule has 2 nitrogen and oxygen atoms in total. The minimum absolute atomic E-state index is 0.375. The topological polar surface area (TPSA) is 18.5 Å². The molecule has 0 fully saturated rings. The van der Waals surface area contributed by atoms with E-state index in [0.29, 0.717) is 21.5 Å². The Bertz CT molecular complexity index is 490. The first kappa shape index (κ1) is 11.4. The first-order chi connectivity index (χ1) is 7.70. The molecule has 0 aromatic heterocycles. The van der Waals surface area contributed by atoms with Gasteiger partial charge in [0.1, 0.15) is 21.5 Å². The minimum Gasteiger partial charge on any atom is -0.494 e. The molecule has 0 saturated carbocycles. The minimum atomic E-state index is 0.375. The van der Waals surface area contributed by atoms with Crippen molar-refractivity contribution < 1.29 is 9.47 Å². The van der Waals surface area contributed by atoms with Crippen LogP contribution in [0.1, 0.15) is 0 Å². The van der Waals surface area contributed by atoms with Gasteiger partial charge in [0.05, 0.1) is 14.2 Å². The fraction of sp³-hybridized carbons (Fsp3) is 0.167. The fourth-order valence-corrected chi connectivity index (χ4v) is 2.24. The monoisotopic (exact) mass is 256 g/mol. The number of methoxy groups -OCH3 is 2. The van der Waals surface area contributed by atoms with E-state index in [1.807, 2.05) is 24.3 Å². The maximum absolute atomic E-state index is 6.12. The molecule has 2 rings (SSSR count). The third kappa shape index (κ3) is 1.58. The van der Waals surface area contributed by atoms with Crippen LogP contribution >= 0.6 is 23.2 Å². The van der Waals surface area contributed by atoms with Gasteiger partial charge >= 0.3 is 0 Å². The first-order valence-corrected chi connectivity index (χ1v) is 5.44. The van der Waals surface area contributed by atoms with E-state index in [1.54, 1.807) is 14.2 Å². The molecule has 0 radical (unpaired) electrons. The average Bonchev–Trinajstić information content (AvgIpc) is 2.31. The summed E-state index contributed by atoms with van der Waals surface area (Å²) in [5, 5.41) is 2.52. The molecule has 0 aliphatic carbocycles. The summed E-state index contributed by atoms with van der Waals surface area (Å²) in [5.74, 6) is 1.14. The third-order valence-corrected chi connectivity index (χ3v) is 3.23. The number of rotatable bonds is 2. The molecule has 84 valence electrons. The van der Waals surface area contributed by atoms with Crippen LogP contribution in [-0.4, -0.2) is 14.2 Å². The van der Waals surface area contributed by atoms with Crippen LogP contribution < -0.4 is 9.47 Å². The van der Waals surface area contributed by atoms with Gasteiger partial charge in [-0.05, 0) is 0 Å². The zero-order valence-corrected chi connectivity index (χ0v) is 10.4. The third-order valence-electron chi connectivity index (χ3n) is 2.42. The van der Waals surface area contributed by atoms with Crippen LogP contribution in [0.4, 0.5) is 0 Å². The molecule has 2 aromatic carbocycles. The SMILES string of the molecule is COc1c(Cl)c(Cl)c(OC)c2ccccc12. The highest BCUT2D eigenvalue weighted by Crippen LogP contribution is 2.46. The van der Waals surface area contributed by atoms with E-state index in [-0.39, 0.29) is 0 Å². The zero-order chi connectivity index (χ0) is 11.7. The predicted octanol–water partition coefficient (Wildman–Crippen LogP) is 4.16. The van der Waals surface area contributed by atoms with Gasteiger partial charge in [0.2, 0.25) is 0 Å². The molecular weight excluding hydrogens is 247 g/mol. The summed E-state index contributed by atoms with van der Waals surface area (Å²) in [6.07, 6.45) is 0. The molecule has 2 aromatic rings. The van der Waals surface area contributed by atoms with Crippen molar-refractivity contribution in [2.45, 2.75) is 0 Å². The zero-order valence-electron chi connectivity index (χ0n) is 8.88. The highest BCUT2D eigenvalue weighted by Gasteiger charge is 2.17. The van der Waals surface area contributed by atoms with E-state index in [0.717, 1.165) is 10.8 Å². The van der Waals surface area contributed by atoms with E-state index in [9.17, 15) is 0 Å². The summed E-state index contributed by atoms with van der Waals surface area (Å²) >= 11 is 12.2. The quantitative estimate of drug-likeness (QED) is 0.804. The summed E-state index contributed by atoms with van der Waals surface area (Å²) < 4.78 is 10.5. The van der Waals surface area contributed by atoms with Gasteiger partial charge in [-0.1, -0.05) is 47.5 Å². The Kier molecular flexibility index (Phi) is 3.13. The van der Waals surface area contributed by atoms with Crippen molar-refractivity contribution in [1.29, 1.82) is 0 Å². The maximum atomic E-state index is 6.12. The summed E-state index contributed by atoms with van der Waals surface area (Å²) in [4.78, 5) is 0. The van der Waals surface area contributed by atoms with E-state index in [4.69, 9.17) is 32.7 Å². The molecule has 16 heavy (non-hydrogen) atoms. The van der Waals surface area contributed by atoms with Gasteiger partial charge in [-0.25, -0.2) is 0 Å². The van der Waals surface area contributed by atoms with Crippen LogP contribution in [0.5, 0.6) is 11.5 Å². The molecule has 0 saturated heterocycles. The van der Waals surface area contributed by atoms with E-state index in [2.05, 4.69) is 0 Å². The van der Waals surface area contributed by atoms with Crippen LogP contribution in [-0.2, 0) is 0 Å². The van der Waals surface area contributed by atoms with Gasteiger partial charge < -0.3 is 9.47 Å². The second-order valence-corrected chi connectivity index (χ2v) is 4.00. The number of halogens is 2. The molecule has 0 amide bonds. The second-order valence-electron chi connectivity index (χ2n) is 3.24. The second kappa shape index (κ2) is 4.40. The molecule has 0 unspecified atom stereocenters. The molecule has 0 aliphatic heterocycles. The Morgan fingerprint density at radius 2 is 1.19 bits per heavy atom. The van der Waals surface area contributed by atoms with Gasteiger partial charge in [0.15, 0.2) is 0 Å². The van der Waals surface area contributed by atoms with Gasteiger partial charge in [0, 0.05) is 10.8 Å². The van der Waals surface area contributed by atoms with Crippen molar-refractivity contribution in [2.75, 3.05) is 14.2 Å². The highest BCUT2D eigenvalue weighted by molar-refractivity contribution is 6.45. The van der Waals surface area contributed by atoms with Crippen LogP contribution in [0, 0.1) is 0 Å². The van der Waals surface area contributed by atoms with Crippen LogP contribution in [0.2, 0.25) is 10.0 Å². The largest absolute Gasteiger partial charge is 0.494 e. The maximum Gasteiger partial charge on any atom is 0.147 e. The smallest absolute Gasteiger partial charge is 0.147 e. The normalized spacial score (nSPS) is 10.5. The lowest BCUT2D eigenvalue weighted by Crippen LogP contribution is -1.92. The van der Waals surface area contributed by atoms with E-state index < -0.39 is 0 Å². The van der Waals surface area contributed by atoms with Crippen LogP contribution in [0.15, 0.2) is 24.3 Å². The van der Waals surface area contributed by atoms with E-state index >= 15 is 0 Å². The lowest BCUT2D eigenvalue weighted by molar-refractivity contribution is 0.411. The van der Waals surface area contributed by atoms with Crippen molar-refractivity contribution in [1.82, 2.24) is 0 Å². The summed E-state index contributed by atoms with van der Waals surface area (Å²) in [6.45, 7) is 0. The Morgan fingerprint density at radius 3 is 1.50 bits per heavy atom. The molecule has 4 heteroatoms. The number of fused-ring (bicyclic) bond motifs is 1. The highest BCUT2D eigenvalue weighted by atomic mass is 35.5. The Labute approximate surface area is 104 Å². The predicted molar refractivity (Wildman–Crippen MR) is 67.1 cm³/mol. The Balaban J connectivity index is 2.95. The van der Waals surface area contributed by atoms with Crippen molar-refractivity contribution in [3.8, 4) is 11.5 Å². The first-order valence-electron chi connectivity index (χ1n) is 4.68. The molecule has 0 N–H and O–H groups in total. The van der Waals surface area contributed by atoms with Crippen molar-refractivity contribution in [3.63, 3.8) is 0 Å². The number of hydrogen-bond donors (Lipinski definition) is 0. The summed E-state index contributed by atoms with van der Waals surface area (Å²) in [5.41, 5.74) is 0. The Hall–Kier alpha value is -1.12. The van der Waals surface area contributed by atoms with Crippen molar-refractivity contribution in [2.24, 2.45) is 0 Å². The summed E-state index contributed by atoms with van der Waals surface area (Å²) in [7, 11) is 3.13. The number of hydrogen-bond acceptors (Lipinski definition) is 2. The molecule has 0 atom stereocenters. The molecule has 0 spiro atoms. The average molecular weight is 257 g/mol. The lowest BCUT2D eigenvalue weighted by Gasteiger charge is -2.13. The van der Waals surface area contributed by atoms with Crippen LogP contribution in [0.25, 0.3) is 10.8 Å². The number of benzene rings is 2. The fourth-order valence-electron chi connectivity index (χ4n) is 1.71. The van der Waals surface area contributed by atoms with Gasteiger partial charge in [0.25, 0.3) is 0 Å². The molecule has 0 aliphatic rings. The summed E-state index contributed by atoms with van der Waals surface area (Å²) in [6, 6.07) is 7.65. The lowest BCUT2D eigenvalue weighted by atomic mass is 10.1. The molecule has 0 bridgehead atoms. The van der Waals surface area contributed by atoms with Gasteiger partial charge in [-0.2, -0.15) is 0 Å². The molecular formula is C12H10Cl2O2.